The van der Waals surface area contributed by atoms with E-state index >= 15 is 0 Å². The number of rotatable bonds is 21. The number of carboxylic acids is 2. The average Bonchev–Trinajstić information content (AvgIpc) is 2.73. The minimum atomic E-state index is -2.83. The molecule has 0 fully saturated rings. The SMILES string of the molecule is CCCCCCCCCCCCCC(C(=O)OC(=O)CCCCC)C(O)(CC(=O)O)C(=O)O. The van der Waals surface area contributed by atoms with Crippen molar-refractivity contribution in [1.29, 1.82) is 0 Å². The molecule has 0 saturated heterocycles. The first-order valence-electron chi connectivity index (χ1n) is 12.6. The Kier molecular flexibility index (Phi) is 17.4. The number of esters is 2. The lowest BCUT2D eigenvalue weighted by atomic mass is 9.81. The van der Waals surface area contributed by atoms with Crippen molar-refractivity contribution in [3.05, 3.63) is 0 Å². The van der Waals surface area contributed by atoms with E-state index in [1.165, 1.54) is 38.5 Å². The number of unbranched alkanes of at least 4 members (excludes halogenated alkanes) is 12. The molecule has 0 saturated carbocycles. The summed E-state index contributed by atoms with van der Waals surface area (Å²) in [6.45, 7) is 4.15. The van der Waals surface area contributed by atoms with Gasteiger partial charge in [-0.25, -0.2) is 4.79 Å². The van der Waals surface area contributed by atoms with Crippen LogP contribution >= 0.6 is 0 Å². The summed E-state index contributed by atoms with van der Waals surface area (Å²) in [4.78, 5) is 47.4. The van der Waals surface area contributed by atoms with Crippen molar-refractivity contribution in [3.63, 3.8) is 0 Å². The standard InChI is InChI=1S/C25H44O8/c1-3-5-7-8-9-10-11-12-13-14-16-17-20(25(32,24(30)31)19-21(26)27)23(29)33-22(28)18-15-6-4-2/h20,32H,3-19H2,1-2H3,(H,26,27)(H,30,31). The highest BCUT2D eigenvalue weighted by Crippen LogP contribution is 2.29. The van der Waals surface area contributed by atoms with E-state index in [1.54, 1.807) is 0 Å². The van der Waals surface area contributed by atoms with Gasteiger partial charge in [-0.15, -0.1) is 0 Å². The maximum atomic E-state index is 12.6. The number of carbonyl (C=O) groups excluding carboxylic acids is 2. The predicted octanol–water partition coefficient (Wildman–Crippen LogP) is 5.24. The molecule has 33 heavy (non-hydrogen) atoms. The number of carboxylic acid groups (broad SMARTS) is 2. The molecule has 0 aliphatic rings. The second-order valence-corrected chi connectivity index (χ2v) is 8.93. The molecule has 0 aliphatic carbocycles. The maximum absolute atomic E-state index is 12.6. The molecule has 0 aliphatic heterocycles. The molecule has 0 aromatic rings. The van der Waals surface area contributed by atoms with Crippen molar-refractivity contribution >= 4 is 23.9 Å². The van der Waals surface area contributed by atoms with Gasteiger partial charge in [-0.1, -0.05) is 97.3 Å². The summed E-state index contributed by atoms with van der Waals surface area (Å²) in [6, 6.07) is 0. The first-order chi connectivity index (χ1) is 15.7. The van der Waals surface area contributed by atoms with E-state index in [1.807, 2.05) is 6.92 Å². The minimum Gasteiger partial charge on any atom is -0.481 e. The van der Waals surface area contributed by atoms with Gasteiger partial charge >= 0.3 is 23.9 Å². The smallest absolute Gasteiger partial charge is 0.337 e. The van der Waals surface area contributed by atoms with Gasteiger partial charge in [0.15, 0.2) is 5.60 Å². The zero-order chi connectivity index (χ0) is 25.1. The third kappa shape index (κ3) is 14.0. The molecule has 0 aromatic carbocycles. The lowest BCUT2D eigenvalue weighted by molar-refractivity contribution is -0.184. The van der Waals surface area contributed by atoms with E-state index in [4.69, 9.17) is 9.84 Å². The van der Waals surface area contributed by atoms with E-state index < -0.39 is 41.8 Å². The molecule has 0 spiro atoms. The molecule has 2 unspecified atom stereocenters. The Hall–Kier alpha value is -1.96. The zero-order valence-electron chi connectivity index (χ0n) is 20.5. The van der Waals surface area contributed by atoms with Crippen molar-refractivity contribution in [2.45, 2.75) is 129 Å². The highest BCUT2D eigenvalue weighted by atomic mass is 16.6. The molecular weight excluding hydrogens is 428 g/mol. The van der Waals surface area contributed by atoms with Crippen molar-refractivity contribution in [1.82, 2.24) is 0 Å². The fourth-order valence-corrected chi connectivity index (χ4v) is 3.90. The fraction of sp³-hybridized carbons (Fsp3) is 0.840. The van der Waals surface area contributed by atoms with Crippen LogP contribution in [0.2, 0.25) is 0 Å². The highest BCUT2D eigenvalue weighted by Gasteiger charge is 2.50. The van der Waals surface area contributed by atoms with E-state index in [0.717, 1.165) is 32.1 Å². The topological polar surface area (TPSA) is 138 Å². The van der Waals surface area contributed by atoms with Crippen LogP contribution in [0.3, 0.4) is 0 Å². The number of hydrogen-bond acceptors (Lipinski definition) is 6. The van der Waals surface area contributed by atoms with Crippen molar-refractivity contribution in [2.24, 2.45) is 5.92 Å². The molecule has 3 N–H and O–H groups in total. The van der Waals surface area contributed by atoms with Gasteiger partial charge in [0.25, 0.3) is 0 Å². The summed E-state index contributed by atoms with van der Waals surface area (Å²) in [5, 5.41) is 29.1. The van der Waals surface area contributed by atoms with Crippen LogP contribution in [0.25, 0.3) is 0 Å². The molecule has 8 heteroatoms. The molecule has 0 heterocycles. The molecule has 0 radical (unpaired) electrons. The lowest BCUT2D eigenvalue weighted by Gasteiger charge is -2.29. The van der Waals surface area contributed by atoms with E-state index in [0.29, 0.717) is 19.3 Å². The largest absolute Gasteiger partial charge is 0.481 e. The molecular formula is C25H44O8. The van der Waals surface area contributed by atoms with Gasteiger partial charge in [-0.3, -0.25) is 14.4 Å². The molecule has 0 rings (SSSR count). The third-order valence-corrected chi connectivity index (χ3v) is 5.95. The van der Waals surface area contributed by atoms with Crippen LogP contribution < -0.4 is 0 Å². The predicted molar refractivity (Wildman–Crippen MR) is 125 cm³/mol. The summed E-state index contributed by atoms with van der Waals surface area (Å²) >= 11 is 0. The normalized spacial score (nSPS) is 13.8. The Morgan fingerprint density at radius 1 is 0.727 bits per heavy atom. The van der Waals surface area contributed by atoms with Crippen molar-refractivity contribution in [3.8, 4) is 0 Å². The minimum absolute atomic E-state index is 0.00910. The third-order valence-electron chi connectivity index (χ3n) is 5.95. The first kappa shape index (κ1) is 31.0. The van der Waals surface area contributed by atoms with E-state index in [9.17, 15) is 29.4 Å². The van der Waals surface area contributed by atoms with E-state index in [-0.39, 0.29) is 12.8 Å². The lowest BCUT2D eigenvalue weighted by Crippen LogP contribution is -2.51. The quantitative estimate of drug-likeness (QED) is 0.117. The monoisotopic (exact) mass is 472 g/mol. The van der Waals surface area contributed by atoms with Gasteiger partial charge in [0.05, 0.1) is 12.3 Å². The Balaban J connectivity index is 4.75. The number of hydrogen-bond donors (Lipinski definition) is 3. The summed E-state index contributed by atoms with van der Waals surface area (Å²) in [5.74, 6) is -6.95. The number of aliphatic hydroxyl groups is 1. The number of ether oxygens (including phenoxy) is 1. The zero-order valence-corrected chi connectivity index (χ0v) is 20.5. The van der Waals surface area contributed by atoms with Gasteiger partial charge in [0, 0.05) is 6.42 Å². The number of aliphatic carboxylic acids is 2. The van der Waals surface area contributed by atoms with Gasteiger partial charge in [-0.05, 0) is 12.8 Å². The molecule has 2 atom stereocenters. The van der Waals surface area contributed by atoms with Gasteiger partial charge in [-0.2, -0.15) is 0 Å². The van der Waals surface area contributed by atoms with Gasteiger partial charge in [0.2, 0.25) is 0 Å². The van der Waals surface area contributed by atoms with Crippen LogP contribution in [0.5, 0.6) is 0 Å². The Morgan fingerprint density at radius 2 is 1.18 bits per heavy atom. The molecule has 0 amide bonds. The van der Waals surface area contributed by atoms with Gasteiger partial charge < -0.3 is 20.1 Å². The molecule has 0 bridgehead atoms. The summed E-state index contributed by atoms with van der Waals surface area (Å²) in [5.41, 5.74) is -2.83. The highest BCUT2D eigenvalue weighted by molar-refractivity contribution is 5.93. The molecule has 0 aromatic heterocycles. The second kappa shape index (κ2) is 18.5. The second-order valence-electron chi connectivity index (χ2n) is 8.93. The van der Waals surface area contributed by atoms with Crippen LogP contribution in [0.1, 0.15) is 123 Å². The van der Waals surface area contributed by atoms with Crippen molar-refractivity contribution < 1.29 is 39.2 Å². The molecule has 8 nitrogen and oxygen atoms in total. The summed E-state index contributed by atoms with van der Waals surface area (Å²) < 4.78 is 4.79. The first-order valence-corrected chi connectivity index (χ1v) is 12.6. The molecule has 192 valence electrons. The van der Waals surface area contributed by atoms with Crippen LogP contribution in [0, 0.1) is 5.92 Å². The Morgan fingerprint density at radius 3 is 1.64 bits per heavy atom. The van der Waals surface area contributed by atoms with Crippen LogP contribution in [0.4, 0.5) is 0 Å². The van der Waals surface area contributed by atoms with E-state index in [2.05, 4.69) is 6.92 Å². The van der Waals surface area contributed by atoms with Gasteiger partial charge in [0.1, 0.15) is 0 Å². The van der Waals surface area contributed by atoms with Crippen LogP contribution in [0.15, 0.2) is 0 Å². The fourth-order valence-electron chi connectivity index (χ4n) is 3.90. The maximum Gasteiger partial charge on any atom is 0.337 e. The summed E-state index contributed by atoms with van der Waals surface area (Å²) in [7, 11) is 0. The number of carbonyl (C=O) groups is 4. The average molecular weight is 473 g/mol. The summed E-state index contributed by atoms with van der Waals surface area (Å²) in [6.07, 6.45) is 12.6. The van der Waals surface area contributed by atoms with Crippen molar-refractivity contribution in [2.75, 3.05) is 0 Å². The Bertz CT molecular complexity index is 589. The van der Waals surface area contributed by atoms with Crippen LogP contribution in [-0.2, 0) is 23.9 Å². The Labute approximate surface area is 198 Å². The van der Waals surface area contributed by atoms with Crippen LogP contribution in [-0.4, -0.2) is 44.8 Å².